The second-order valence-corrected chi connectivity index (χ2v) is 1.73. The second-order valence-electron chi connectivity index (χ2n) is 1.73. The van der Waals surface area contributed by atoms with Gasteiger partial charge in [-0.1, -0.05) is 118 Å². The van der Waals surface area contributed by atoms with Gasteiger partial charge in [-0.2, -0.15) is 20.8 Å². The van der Waals surface area contributed by atoms with Crippen molar-refractivity contribution in [1.82, 2.24) is 0 Å². The summed E-state index contributed by atoms with van der Waals surface area (Å²) >= 11 is 0. The predicted molar refractivity (Wildman–Crippen MR) is 178 cm³/mol. The van der Waals surface area contributed by atoms with Gasteiger partial charge in [0.25, 0.3) is 0 Å². The Morgan fingerprint density at radius 2 is 0.110 bits per heavy atom. The van der Waals surface area contributed by atoms with E-state index >= 15 is 0 Å². The van der Waals surface area contributed by atoms with Crippen molar-refractivity contribution >= 4 is 0 Å². The quantitative estimate of drug-likeness (QED) is 0.212. The van der Waals surface area contributed by atoms with Crippen LogP contribution in [0.3, 0.4) is 0 Å². The van der Waals surface area contributed by atoms with E-state index in [1.165, 1.54) is 0 Å². The van der Waals surface area contributed by atoms with Crippen LogP contribution in [0.25, 0.3) is 0 Å². The molecule has 0 aliphatic heterocycles. The minimum Gasteiger partial charge on any atom is -0.358 e. The molecule has 0 rings (SSSR count). The van der Waals surface area contributed by atoms with E-state index in [1.807, 2.05) is 96.9 Å². The molecule has 0 fully saturated rings. The first kappa shape index (κ1) is 543. The smallest absolute Gasteiger partial charge is 0 e. The Labute approximate surface area is 1820 Å². The molecule has 0 N–H and O–H groups in total. The molecule has 82 heavy (non-hydrogen) atoms. The number of hydrogen-bond donors (Lipinski definition) is 0. The summed E-state index contributed by atoms with van der Waals surface area (Å²) in [7, 11) is 0. The molecule has 0 atom stereocenters. The van der Waals surface area contributed by atoms with Crippen molar-refractivity contribution in [3.05, 3.63) is 72.8 Å². The minimum atomic E-state index is 0. The normalized spacial score (nSPS) is 1.17. The van der Waals surface area contributed by atoms with Gasteiger partial charge in [0, 0.05) is 1670 Å². The summed E-state index contributed by atoms with van der Waals surface area (Å²) in [6.07, 6.45) is 0. The average molecular weight is 5000 g/mol. The van der Waals surface area contributed by atoms with Crippen molar-refractivity contribution in [3.63, 3.8) is 0 Å². The van der Waals surface area contributed by atoms with Crippen molar-refractivity contribution < 1.29 is 1670 Å². The maximum Gasteiger partial charge on any atom is 0 e. The van der Waals surface area contributed by atoms with Gasteiger partial charge in [0.05, 0.1) is 0 Å². The molecule has 0 aromatic heterocycles. The van der Waals surface area contributed by atoms with E-state index in [9.17, 15) is 0 Å². The third kappa shape index (κ3) is 787. The molecule has 0 aliphatic carbocycles. The fourth-order valence-corrected chi connectivity index (χ4v) is 0. The van der Waals surface area contributed by atoms with Crippen molar-refractivity contribution in [1.29, 1.82) is 0 Å². The largest absolute Gasteiger partial charge is 0.358 e. The maximum absolute atomic E-state index is 3.25. The van der Waals surface area contributed by atoms with E-state index in [1.54, 1.807) is 20.8 Å². The summed E-state index contributed by atoms with van der Waals surface area (Å²) < 4.78 is 0. The molecule has 0 nitrogen and oxygen atoms in total. The van der Waals surface area contributed by atoms with Gasteiger partial charge in [-0.15, -0.1) is 0 Å². The maximum atomic E-state index is 3.25. The van der Waals surface area contributed by atoms with Gasteiger partial charge in [0.1, 0.15) is 0 Å². The van der Waals surface area contributed by atoms with Crippen LogP contribution in [0.2, 0.25) is 0 Å². The molecule has 0 bridgehead atoms. The third-order valence-electron chi connectivity index (χ3n) is 0. The number of rotatable bonds is 0. The first-order valence-electron chi connectivity index (χ1n) is 10.9. The van der Waals surface area contributed by atoms with Crippen LogP contribution in [0.1, 0.15) is 138 Å². The Morgan fingerprint density at radius 3 is 0.110 bits per heavy atom. The van der Waals surface area contributed by atoms with Crippen molar-refractivity contribution in [2.24, 2.45) is 5.92 Å². The molecule has 0 unspecified atom stereocenters. The predicted octanol–water partition coefficient (Wildman–Crippen LogP) is 14.4. The zero-order valence-electron chi connectivity index (χ0n) is 59.1. The monoisotopic (exact) mass is 4990 g/mol. The molecule has 51 heteroatoms. The Bertz CT molecular complexity index is 83.2. The molecule has 375 valence electrons. The van der Waals surface area contributed by atoms with Crippen LogP contribution in [-0.4, -0.2) is 0 Å². The molecule has 0 aliphatic rings. The molecule has 51 radical (unpaired) electrons. The summed E-state index contributed by atoms with van der Waals surface area (Å²) in [5, 5.41) is 0. The van der Waals surface area contributed by atoms with Gasteiger partial charge in [-0.25, -0.2) is 0 Å². The fraction of sp³-hybridized carbons (Fsp3) is 0.677. The van der Waals surface area contributed by atoms with Gasteiger partial charge >= 0.3 is 0 Å². The fourth-order valence-electron chi connectivity index (χ4n) is 0. The van der Waals surface area contributed by atoms with Crippen LogP contribution in [0.15, 0.2) is 0 Å². The molecule has 0 saturated heterocycles. The van der Waals surface area contributed by atoms with Gasteiger partial charge in [0.15, 0.2) is 0 Å². The van der Waals surface area contributed by atoms with Crippen molar-refractivity contribution in [2.75, 3.05) is 0 Å². The summed E-state index contributed by atoms with van der Waals surface area (Å²) in [5.41, 5.74) is 0. The Hall–Kier alpha value is 56.3. The topological polar surface area (TPSA) is 0 Å². The van der Waals surface area contributed by atoms with Crippen LogP contribution in [0, 0.1) is 78.7 Å². The van der Waals surface area contributed by atoms with E-state index < -0.39 is 0 Å². The van der Waals surface area contributed by atoms with Crippen molar-refractivity contribution in [3.8, 4) is 0 Å². The summed E-state index contributed by atoms with van der Waals surface area (Å²) in [5.74, 6) is 0.833. The van der Waals surface area contributed by atoms with Gasteiger partial charge in [0.2, 0.25) is 0 Å². The molecular weight excluding hydrogens is 4910 g/mol. The summed E-state index contributed by atoms with van der Waals surface area (Å²) in [4.78, 5) is 0. The van der Waals surface area contributed by atoms with Crippen LogP contribution >= 0.6 is 0 Å². The summed E-state index contributed by atoms with van der Waals surface area (Å²) in [6, 6.07) is 0. The van der Waals surface area contributed by atoms with Gasteiger partial charge in [-0.05, 0) is 5.92 Å². The SMILES string of the molecule is CC.CC.CC.CC.CC.CC.CC.CC(C)C.[CH2-]C.[CH2-]C.[CH2-]C.[CH3-].[CH3-].[CH3-].[CH3-].[CH3-].[CH3-].[CH3-].[Y].[Y].[Y].[Y].[Y].[Y].[Y].[Y].[Y].[Y].[Y].[Y].[Y].[Y].[Y].[Y].[Y].[Y].[Y].[Y].[Y].[Y].[Y].[Y].[Y].[Y].[Y].[Y].[Y].[Y].[Y].[Y].[Y].[Y].[Y].[Y].[Y].[Y].[Y].[Y].[Y].[Y].[Y].[Y].[Y].[Y].[Y].[Y].[Y].[Y].[Y]. The van der Waals surface area contributed by atoms with Gasteiger partial charge in [-0.3, -0.25) is 0 Å². The van der Waals surface area contributed by atoms with Crippen molar-refractivity contribution in [2.45, 2.75) is 138 Å². The Kier molecular flexibility index (Phi) is 4800. The van der Waals surface area contributed by atoms with E-state index in [0.29, 0.717) is 0 Å². The Balaban J connectivity index is -0.000000000317. The minimum absolute atomic E-state index is 0. The molecule has 0 aromatic rings. The Morgan fingerprint density at radius 1 is 0.110 bits per heavy atom. The first-order valence-corrected chi connectivity index (χ1v) is 10.9. The zero-order chi connectivity index (χ0) is 23.6. The summed E-state index contributed by atoms with van der Waals surface area (Å²) in [6.45, 7) is 49.5. The van der Waals surface area contributed by atoms with Crippen LogP contribution < -0.4 is 0 Å². The van der Waals surface area contributed by atoms with E-state index in [-0.39, 0.29) is 1720 Å². The van der Waals surface area contributed by atoms with E-state index in [2.05, 4.69) is 41.5 Å². The molecule has 0 saturated carbocycles. The average Bonchev–Trinajstić information content (AvgIpc) is 2.76. The number of hydrogen-bond acceptors (Lipinski definition) is 0. The molecular formula is C31H88Y51-10. The van der Waals surface area contributed by atoms with E-state index in [0.717, 1.165) is 5.92 Å². The first-order chi connectivity index (χ1) is 11.7. The van der Waals surface area contributed by atoms with Crippen LogP contribution in [0.4, 0.5) is 0 Å². The standard InChI is InChI=1S/C4H10.7C2H6.3C2H5.7CH3.51Y/c1-4(2)3;10*1-2;;;;;;;;;;;;;;;;;;;;;;;;;;;;;;;;;;;;;;;;;;;;;;;;;;;;;;;;;;/h4H,1-3H3;7*1-2H3;3*1H2,2H3;7*1H3;;;;;;;;;;;;;;;;;;;;;;;;;;;;;;;;;;;;;;;;;;;;;;;;;;;/q;;;;;;;;10*-1;;;;;;;;;;;;;;;;;;;;;;;;;;;;;;;;;;;;;;;;;;;;;;;;;;;. The molecule has 0 aromatic carbocycles. The zero-order valence-corrected chi connectivity index (χ0v) is 204. The van der Waals surface area contributed by atoms with E-state index in [4.69, 9.17) is 0 Å². The molecule has 0 heterocycles. The third-order valence-corrected chi connectivity index (χ3v) is 0. The van der Waals surface area contributed by atoms with Crippen LogP contribution in [0.5, 0.6) is 0 Å². The van der Waals surface area contributed by atoms with Gasteiger partial charge < -0.3 is 72.8 Å². The second kappa shape index (κ2) is 725. The molecule has 0 spiro atoms. The van der Waals surface area contributed by atoms with Crippen LogP contribution in [-0.2, 0) is 1670 Å². The molecule has 0 amide bonds.